The van der Waals surface area contributed by atoms with Crippen molar-refractivity contribution < 1.29 is 4.74 Å². The number of aromatic nitrogens is 2. The molecule has 0 amide bonds. The maximum atomic E-state index is 5.55. The molecule has 0 spiro atoms. The van der Waals surface area contributed by atoms with Crippen LogP contribution >= 0.6 is 0 Å². The molecule has 0 aromatic carbocycles. The predicted molar refractivity (Wildman–Crippen MR) is 95.8 cm³/mol. The summed E-state index contributed by atoms with van der Waals surface area (Å²) in [6, 6.07) is 0. The molecule has 6 nitrogen and oxygen atoms in total. The lowest BCUT2D eigenvalue weighted by Gasteiger charge is -2.22. The van der Waals surface area contributed by atoms with Gasteiger partial charge >= 0.3 is 0 Å². The summed E-state index contributed by atoms with van der Waals surface area (Å²) in [4.78, 5) is 6.49. The summed E-state index contributed by atoms with van der Waals surface area (Å²) in [5.41, 5.74) is 2.40. The number of hydrogen-bond donors (Lipinski definition) is 1. The van der Waals surface area contributed by atoms with Crippen LogP contribution in [0, 0.1) is 0 Å². The van der Waals surface area contributed by atoms with Crippen molar-refractivity contribution in [2.75, 3.05) is 27.2 Å². The minimum atomic E-state index is 0.289. The number of nitrogens with zero attached hydrogens (tertiary/aromatic N) is 4. The number of nitrogens with one attached hydrogen (secondary N) is 1. The normalized spacial score (nSPS) is 12.3. The van der Waals surface area contributed by atoms with Crippen molar-refractivity contribution in [3.05, 3.63) is 17.5 Å². The van der Waals surface area contributed by atoms with E-state index in [0.29, 0.717) is 5.92 Å². The van der Waals surface area contributed by atoms with Gasteiger partial charge in [0.1, 0.15) is 0 Å². The highest BCUT2D eigenvalue weighted by atomic mass is 16.5. The van der Waals surface area contributed by atoms with Crippen molar-refractivity contribution in [3.8, 4) is 0 Å². The molecule has 1 aromatic heterocycles. The van der Waals surface area contributed by atoms with E-state index in [-0.39, 0.29) is 6.10 Å². The lowest BCUT2D eigenvalue weighted by Crippen LogP contribution is -2.39. The maximum Gasteiger partial charge on any atom is 0.193 e. The van der Waals surface area contributed by atoms with E-state index in [1.807, 2.05) is 18.8 Å². The molecule has 0 unspecified atom stereocenters. The predicted octanol–water partition coefficient (Wildman–Crippen LogP) is 2.37. The van der Waals surface area contributed by atoms with Gasteiger partial charge < -0.3 is 15.0 Å². The van der Waals surface area contributed by atoms with Crippen molar-refractivity contribution in [3.63, 3.8) is 0 Å². The summed E-state index contributed by atoms with van der Waals surface area (Å²) in [6.45, 7) is 10.9. The van der Waals surface area contributed by atoms with Gasteiger partial charge in [0.25, 0.3) is 0 Å². The van der Waals surface area contributed by atoms with Gasteiger partial charge in [-0.25, -0.2) is 0 Å². The van der Waals surface area contributed by atoms with Crippen molar-refractivity contribution in [2.24, 2.45) is 12.0 Å². The van der Waals surface area contributed by atoms with Gasteiger partial charge in [0.15, 0.2) is 5.96 Å². The van der Waals surface area contributed by atoms with Crippen LogP contribution in [-0.2, 0) is 18.3 Å². The zero-order chi connectivity index (χ0) is 17.4. The van der Waals surface area contributed by atoms with E-state index in [0.717, 1.165) is 37.8 Å². The minimum absolute atomic E-state index is 0.289. The molecule has 1 rings (SSSR count). The summed E-state index contributed by atoms with van der Waals surface area (Å²) in [5, 5.41) is 7.95. The van der Waals surface area contributed by atoms with Crippen LogP contribution < -0.4 is 5.32 Å². The van der Waals surface area contributed by atoms with Crippen LogP contribution in [0.2, 0.25) is 0 Å². The van der Waals surface area contributed by atoms with Gasteiger partial charge in [0.05, 0.1) is 11.8 Å². The second-order valence-corrected chi connectivity index (χ2v) is 6.47. The number of aliphatic imine (C=N–C) groups is 1. The lowest BCUT2D eigenvalue weighted by atomic mass is 10.1. The minimum Gasteiger partial charge on any atom is -0.379 e. The SMILES string of the molecule is CN=C(NCCCOC(C)C)N(C)Cc1cn(C)nc1C(C)C. The Hall–Kier alpha value is -1.56. The molecule has 0 atom stereocenters. The first-order valence-corrected chi connectivity index (χ1v) is 8.41. The van der Waals surface area contributed by atoms with Crippen LogP contribution in [0.3, 0.4) is 0 Å². The number of ether oxygens (including phenoxy) is 1. The second-order valence-electron chi connectivity index (χ2n) is 6.47. The fourth-order valence-corrected chi connectivity index (χ4v) is 2.47. The Morgan fingerprint density at radius 1 is 1.39 bits per heavy atom. The van der Waals surface area contributed by atoms with Gasteiger partial charge in [-0.15, -0.1) is 0 Å². The summed E-state index contributed by atoms with van der Waals surface area (Å²) in [7, 11) is 5.84. The molecule has 23 heavy (non-hydrogen) atoms. The molecule has 0 aliphatic carbocycles. The topological polar surface area (TPSA) is 54.7 Å². The van der Waals surface area contributed by atoms with Gasteiger partial charge in [0.2, 0.25) is 0 Å². The van der Waals surface area contributed by atoms with E-state index >= 15 is 0 Å². The highest BCUT2D eigenvalue weighted by Crippen LogP contribution is 2.18. The van der Waals surface area contributed by atoms with Gasteiger partial charge in [0, 0.05) is 52.6 Å². The number of rotatable bonds is 8. The van der Waals surface area contributed by atoms with Crippen LogP contribution in [-0.4, -0.2) is 54.0 Å². The Labute approximate surface area is 140 Å². The third-order valence-electron chi connectivity index (χ3n) is 3.52. The van der Waals surface area contributed by atoms with Crippen LogP contribution in [0.5, 0.6) is 0 Å². The summed E-state index contributed by atoms with van der Waals surface area (Å²) < 4.78 is 7.44. The first kappa shape index (κ1) is 19.5. The molecule has 0 fully saturated rings. The molecule has 1 aromatic rings. The van der Waals surface area contributed by atoms with Crippen LogP contribution in [0.1, 0.15) is 51.3 Å². The van der Waals surface area contributed by atoms with Crippen LogP contribution in [0.15, 0.2) is 11.2 Å². The van der Waals surface area contributed by atoms with Crippen molar-refractivity contribution >= 4 is 5.96 Å². The molecule has 0 bridgehead atoms. The van der Waals surface area contributed by atoms with E-state index < -0.39 is 0 Å². The van der Waals surface area contributed by atoms with Crippen molar-refractivity contribution in [1.82, 2.24) is 20.0 Å². The summed E-state index contributed by atoms with van der Waals surface area (Å²) in [6.07, 6.45) is 3.35. The van der Waals surface area contributed by atoms with E-state index in [2.05, 4.69) is 61.2 Å². The second kappa shape index (κ2) is 9.55. The standard InChI is InChI=1S/C17H33N5O/c1-13(2)16-15(12-22(7)20-16)11-21(6)17(18-5)19-9-8-10-23-14(3)4/h12-14H,8-11H2,1-7H3,(H,18,19). The van der Waals surface area contributed by atoms with Crippen molar-refractivity contribution in [2.45, 2.75) is 52.7 Å². The molecule has 6 heteroatoms. The first-order valence-electron chi connectivity index (χ1n) is 8.41. The molecule has 0 saturated carbocycles. The monoisotopic (exact) mass is 323 g/mol. The lowest BCUT2D eigenvalue weighted by molar-refractivity contribution is 0.0776. The number of aryl methyl sites for hydroxylation is 1. The Kier molecular flexibility index (Phi) is 8.09. The van der Waals surface area contributed by atoms with Gasteiger partial charge in [-0.1, -0.05) is 13.8 Å². The molecule has 0 aliphatic rings. The maximum absolute atomic E-state index is 5.55. The van der Waals surface area contributed by atoms with E-state index in [4.69, 9.17) is 4.74 Å². The summed E-state index contributed by atoms with van der Waals surface area (Å²) >= 11 is 0. The number of guanidine groups is 1. The molecule has 1 N–H and O–H groups in total. The largest absolute Gasteiger partial charge is 0.379 e. The smallest absolute Gasteiger partial charge is 0.193 e. The van der Waals surface area contributed by atoms with Crippen LogP contribution in [0.25, 0.3) is 0 Å². The molecular weight excluding hydrogens is 290 g/mol. The van der Waals surface area contributed by atoms with Crippen LogP contribution in [0.4, 0.5) is 0 Å². The number of hydrogen-bond acceptors (Lipinski definition) is 3. The molecule has 0 aliphatic heterocycles. The van der Waals surface area contributed by atoms with E-state index in [1.165, 1.54) is 5.56 Å². The van der Waals surface area contributed by atoms with Gasteiger partial charge in [-0.3, -0.25) is 9.67 Å². The fraction of sp³-hybridized carbons (Fsp3) is 0.765. The molecule has 132 valence electrons. The van der Waals surface area contributed by atoms with Crippen molar-refractivity contribution in [1.29, 1.82) is 0 Å². The first-order chi connectivity index (χ1) is 10.8. The highest BCUT2D eigenvalue weighted by Gasteiger charge is 2.14. The summed E-state index contributed by atoms with van der Waals surface area (Å²) in [5.74, 6) is 1.32. The quantitative estimate of drug-likeness (QED) is 0.453. The Bertz CT molecular complexity index is 493. The Morgan fingerprint density at radius 2 is 2.09 bits per heavy atom. The Morgan fingerprint density at radius 3 is 2.65 bits per heavy atom. The van der Waals surface area contributed by atoms with Gasteiger partial charge in [-0.2, -0.15) is 5.10 Å². The Balaban J connectivity index is 2.53. The molecular formula is C17H33N5O. The van der Waals surface area contributed by atoms with Gasteiger partial charge in [-0.05, 0) is 26.2 Å². The zero-order valence-electron chi connectivity index (χ0n) is 15.8. The average Bonchev–Trinajstić information content (AvgIpc) is 2.83. The average molecular weight is 323 g/mol. The third kappa shape index (κ3) is 6.60. The molecule has 0 radical (unpaired) electrons. The third-order valence-corrected chi connectivity index (χ3v) is 3.52. The van der Waals surface area contributed by atoms with E-state index in [1.54, 1.807) is 0 Å². The molecule has 1 heterocycles. The molecule has 0 saturated heterocycles. The zero-order valence-corrected chi connectivity index (χ0v) is 15.8. The van der Waals surface area contributed by atoms with E-state index in [9.17, 15) is 0 Å². The highest BCUT2D eigenvalue weighted by molar-refractivity contribution is 5.79. The fourth-order valence-electron chi connectivity index (χ4n) is 2.47.